The first-order valence-electron chi connectivity index (χ1n) is 6.83. The number of nitrogens with zero attached hydrogens (tertiary/aromatic N) is 2. The second kappa shape index (κ2) is 6.63. The Morgan fingerprint density at radius 2 is 1.53 bits per heavy atom. The van der Waals surface area contributed by atoms with Crippen LogP contribution in [0.4, 0.5) is 9.59 Å². The zero-order valence-corrected chi connectivity index (χ0v) is 12.6. The SMILES string of the molecule is CNC(=O)N(C)C1CCCC(C)C1N(C)C(=O)NC. The third-order valence-corrected chi connectivity index (χ3v) is 4.15. The van der Waals surface area contributed by atoms with Gasteiger partial charge < -0.3 is 20.4 Å². The van der Waals surface area contributed by atoms with Crippen molar-refractivity contribution < 1.29 is 9.59 Å². The Kier molecular flexibility index (Phi) is 5.44. The van der Waals surface area contributed by atoms with Gasteiger partial charge in [-0.05, 0) is 18.8 Å². The fourth-order valence-corrected chi connectivity index (χ4v) is 3.07. The number of nitrogens with one attached hydrogen (secondary N) is 2. The molecule has 0 aliphatic heterocycles. The van der Waals surface area contributed by atoms with Crippen molar-refractivity contribution in [3.63, 3.8) is 0 Å². The minimum Gasteiger partial charge on any atom is -0.341 e. The largest absolute Gasteiger partial charge is 0.341 e. The third-order valence-electron chi connectivity index (χ3n) is 4.15. The molecule has 1 rings (SSSR count). The van der Waals surface area contributed by atoms with Crippen molar-refractivity contribution in [1.29, 1.82) is 0 Å². The monoisotopic (exact) mass is 270 g/mol. The van der Waals surface area contributed by atoms with E-state index in [2.05, 4.69) is 17.6 Å². The van der Waals surface area contributed by atoms with E-state index in [-0.39, 0.29) is 24.1 Å². The van der Waals surface area contributed by atoms with E-state index in [1.807, 2.05) is 0 Å². The van der Waals surface area contributed by atoms with E-state index in [9.17, 15) is 9.59 Å². The van der Waals surface area contributed by atoms with Crippen LogP contribution in [0.25, 0.3) is 0 Å². The first-order chi connectivity index (χ1) is 8.93. The maximum atomic E-state index is 11.9. The molecule has 1 fully saturated rings. The number of carbonyl (C=O) groups is 2. The van der Waals surface area contributed by atoms with Gasteiger partial charge in [-0.25, -0.2) is 9.59 Å². The molecule has 0 aromatic heterocycles. The van der Waals surface area contributed by atoms with Crippen molar-refractivity contribution >= 4 is 12.1 Å². The van der Waals surface area contributed by atoms with E-state index in [0.29, 0.717) is 5.92 Å². The van der Waals surface area contributed by atoms with Crippen LogP contribution < -0.4 is 10.6 Å². The average molecular weight is 270 g/mol. The third kappa shape index (κ3) is 3.30. The van der Waals surface area contributed by atoms with Crippen LogP contribution >= 0.6 is 0 Å². The van der Waals surface area contributed by atoms with Crippen LogP contribution in [-0.4, -0.2) is 62.1 Å². The van der Waals surface area contributed by atoms with E-state index in [1.165, 1.54) is 0 Å². The van der Waals surface area contributed by atoms with Gasteiger partial charge in [0.15, 0.2) is 0 Å². The molecule has 0 bridgehead atoms. The van der Waals surface area contributed by atoms with E-state index in [4.69, 9.17) is 0 Å². The molecule has 110 valence electrons. The number of urea groups is 2. The van der Waals surface area contributed by atoms with Gasteiger partial charge in [-0.2, -0.15) is 0 Å². The number of carbonyl (C=O) groups excluding carboxylic acids is 2. The van der Waals surface area contributed by atoms with Crippen molar-refractivity contribution in [3.05, 3.63) is 0 Å². The maximum absolute atomic E-state index is 11.9. The van der Waals surface area contributed by atoms with E-state index in [0.717, 1.165) is 19.3 Å². The van der Waals surface area contributed by atoms with Crippen molar-refractivity contribution in [2.24, 2.45) is 5.92 Å². The number of hydrogen-bond donors (Lipinski definition) is 2. The highest BCUT2D eigenvalue weighted by molar-refractivity contribution is 5.75. The average Bonchev–Trinajstić information content (AvgIpc) is 2.43. The predicted molar refractivity (Wildman–Crippen MR) is 75.0 cm³/mol. The van der Waals surface area contributed by atoms with Gasteiger partial charge in [0, 0.05) is 28.2 Å². The fourth-order valence-electron chi connectivity index (χ4n) is 3.07. The Balaban J connectivity index is 2.92. The lowest BCUT2D eigenvalue weighted by molar-refractivity contribution is 0.0742. The molecule has 4 amide bonds. The zero-order chi connectivity index (χ0) is 14.6. The van der Waals surface area contributed by atoms with Crippen LogP contribution in [0.3, 0.4) is 0 Å². The highest BCUT2D eigenvalue weighted by Crippen LogP contribution is 2.30. The summed E-state index contributed by atoms with van der Waals surface area (Å²) in [7, 11) is 6.86. The molecule has 1 aliphatic carbocycles. The summed E-state index contributed by atoms with van der Waals surface area (Å²) in [5.41, 5.74) is 0. The summed E-state index contributed by atoms with van der Waals surface area (Å²) in [5, 5.41) is 5.30. The molecule has 0 aromatic carbocycles. The van der Waals surface area contributed by atoms with Crippen molar-refractivity contribution in [1.82, 2.24) is 20.4 Å². The lowest BCUT2D eigenvalue weighted by Crippen LogP contribution is -2.59. The summed E-state index contributed by atoms with van der Waals surface area (Å²) < 4.78 is 0. The smallest absolute Gasteiger partial charge is 0.317 e. The minimum absolute atomic E-state index is 0.0519. The lowest BCUT2D eigenvalue weighted by Gasteiger charge is -2.45. The van der Waals surface area contributed by atoms with E-state index >= 15 is 0 Å². The molecule has 2 N–H and O–H groups in total. The molecule has 3 atom stereocenters. The highest BCUT2D eigenvalue weighted by Gasteiger charge is 2.38. The standard InChI is InChI=1S/C13H26N4O2/c1-9-7-6-8-10(16(4)12(18)14-2)11(9)17(5)13(19)15-3/h9-11H,6-8H2,1-5H3,(H,14,18)(H,15,19). The lowest BCUT2D eigenvalue weighted by atomic mass is 9.80. The first kappa shape index (κ1) is 15.6. The van der Waals surface area contributed by atoms with E-state index < -0.39 is 0 Å². The summed E-state index contributed by atoms with van der Waals surface area (Å²) in [5.74, 6) is 0.383. The molecule has 1 saturated carbocycles. The fraction of sp³-hybridized carbons (Fsp3) is 0.846. The molecule has 0 heterocycles. The van der Waals surface area contributed by atoms with Crippen LogP contribution in [0.15, 0.2) is 0 Å². The molecule has 0 spiro atoms. The van der Waals surface area contributed by atoms with E-state index in [1.54, 1.807) is 38.0 Å². The Morgan fingerprint density at radius 1 is 1.00 bits per heavy atom. The first-order valence-corrected chi connectivity index (χ1v) is 6.83. The quantitative estimate of drug-likeness (QED) is 0.789. The van der Waals surface area contributed by atoms with Gasteiger partial charge in [0.05, 0.1) is 12.1 Å². The number of amides is 4. The Morgan fingerprint density at radius 3 is 2.05 bits per heavy atom. The minimum atomic E-state index is -0.103. The van der Waals surface area contributed by atoms with Gasteiger partial charge >= 0.3 is 12.1 Å². The number of hydrogen-bond acceptors (Lipinski definition) is 2. The van der Waals surface area contributed by atoms with Gasteiger partial charge in [0.1, 0.15) is 0 Å². The van der Waals surface area contributed by atoms with Crippen LogP contribution in [0.5, 0.6) is 0 Å². The van der Waals surface area contributed by atoms with Gasteiger partial charge in [-0.3, -0.25) is 0 Å². The van der Waals surface area contributed by atoms with Crippen molar-refractivity contribution in [2.75, 3.05) is 28.2 Å². The second-order valence-electron chi connectivity index (χ2n) is 5.30. The summed E-state index contributed by atoms with van der Waals surface area (Å²) >= 11 is 0. The molecule has 1 aliphatic rings. The van der Waals surface area contributed by atoms with Gasteiger partial charge in [-0.15, -0.1) is 0 Å². The molecular formula is C13H26N4O2. The highest BCUT2D eigenvalue weighted by atomic mass is 16.2. The molecule has 6 nitrogen and oxygen atoms in total. The molecule has 0 saturated heterocycles. The maximum Gasteiger partial charge on any atom is 0.317 e. The van der Waals surface area contributed by atoms with Gasteiger partial charge in [0.25, 0.3) is 0 Å². The molecule has 0 radical (unpaired) electrons. The van der Waals surface area contributed by atoms with Crippen LogP contribution in [-0.2, 0) is 0 Å². The molecular weight excluding hydrogens is 244 g/mol. The molecule has 19 heavy (non-hydrogen) atoms. The Labute approximate surface area is 115 Å². The summed E-state index contributed by atoms with van der Waals surface area (Å²) in [6.07, 6.45) is 3.11. The van der Waals surface area contributed by atoms with Crippen LogP contribution in [0.2, 0.25) is 0 Å². The van der Waals surface area contributed by atoms with Crippen LogP contribution in [0.1, 0.15) is 26.2 Å². The molecule has 3 unspecified atom stereocenters. The summed E-state index contributed by atoms with van der Waals surface area (Å²) in [6, 6.07) is -0.0922. The molecule has 6 heteroatoms. The van der Waals surface area contributed by atoms with Crippen LogP contribution in [0, 0.1) is 5.92 Å². The normalized spacial score (nSPS) is 26.5. The van der Waals surface area contributed by atoms with Crippen molar-refractivity contribution in [3.8, 4) is 0 Å². The summed E-state index contributed by atoms with van der Waals surface area (Å²) in [4.78, 5) is 27.1. The van der Waals surface area contributed by atoms with Crippen molar-refractivity contribution in [2.45, 2.75) is 38.3 Å². The topological polar surface area (TPSA) is 64.7 Å². The molecule has 0 aromatic rings. The zero-order valence-electron chi connectivity index (χ0n) is 12.6. The van der Waals surface area contributed by atoms with Gasteiger partial charge in [0.2, 0.25) is 0 Å². The second-order valence-corrected chi connectivity index (χ2v) is 5.30. The Hall–Kier alpha value is -1.46. The van der Waals surface area contributed by atoms with Gasteiger partial charge in [-0.1, -0.05) is 13.3 Å². The number of likely N-dealkylation sites (N-methyl/N-ethyl adjacent to an activating group) is 2. The Bertz CT molecular complexity index is 335. The predicted octanol–water partition coefficient (Wildman–Crippen LogP) is 1.09. The number of rotatable bonds is 2. The summed E-state index contributed by atoms with van der Waals surface area (Å²) in [6.45, 7) is 2.15.